The molecule has 0 aliphatic heterocycles. The Balaban J connectivity index is 0.000000329. The van der Waals surface area contributed by atoms with Gasteiger partial charge in [-0.2, -0.15) is 0 Å². The molecular formula is C85H135N5O10. The lowest BCUT2D eigenvalue weighted by molar-refractivity contribution is -0.0280. The van der Waals surface area contributed by atoms with E-state index in [1.807, 2.05) is 0 Å². The van der Waals surface area contributed by atoms with Crippen molar-refractivity contribution in [3.63, 3.8) is 0 Å². The molecule has 0 spiro atoms. The molecule has 15 nitrogen and oxygen atoms in total. The van der Waals surface area contributed by atoms with Crippen molar-refractivity contribution in [1.82, 2.24) is 24.5 Å². The van der Waals surface area contributed by atoms with Crippen LogP contribution in [-0.4, -0.2) is 216 Å². The van der Waals surface area contributed by atoms with Gasteiger partial charge in [0.15, 0.2) is 0 Å². The molecule has 0 amide bonds. The van der Waals surface area contributed by atoms with Gasteiger partial charge >= 0.3 is 0 Å². The van der Waals surface area contributed by atoms with Crippen LogP contribution in [0.3, 0.4) is 0 Å². The fourth-order valence-corrected chi connectivity index (χ4v) is 9.64. The van der Waals surface area contributed by atoms with Crippen LogP contribution in [0.25, 0.3) is 0 Å². The molecule has 560 valence electrons. The molecule has 100 heavy (non-hydrogen) atoms. The van der Waals surface area contributed by atoms with E-state index in [1.54, 1.807) is 0 Å². The fourth-order valence-electron chi connectivity index (χ4n) is 9.64. The van der Waals surface area contributed by atoms with Crippen LogP contribution >= 0.6 is 0 Å². The minimum atomic E-state index is -4.27. The highest BCUT2D eigenvalue weighted by atomic mass is 16.5. The summed E-state index contributed by atoms with van der Waals surface area (Å²) in [6, 6.07) is 24.0. The quantitative estimate of drug-likeness (QED) is 0.0375. The summed E-state index contributed by atoms with van der Waals surface area (Å²) in [7, 11) is 10.9. The molecule has 5 aromatic rings. The molecule has 15 heteroatoms. The van der Waals surface area contributed by atoms with Crippen LogP contribution in [0, 0.1) is 0 Å². The zero-order chi connectivity index (χ0) is 138. The summed E-state index contributed by atoms with van der Waals surface area (Å²) in [5, 5.41) is 59.1. The Labute approximate surface area is 709 Å². The van der Waals surface area contributed by atoms with Crippen LogP contribution < -0.4 is 23.7 Å². The van der Waals surface area contributed by atoms with Gasteiger partial charge in [-0.15, -0.1) is 0 Å². The van der Waals surface area contributed by atoms with Crippen LogP contribution in [0.1, 0.15) is 318 Å². The van der Waals surface area contributed by atoms with Gasteiger partial charge in [0.25, 0.3) is 0 Å². The van der Waals surface area contributed by atoms with Crippen molar-refractivity contribution in [1.29, 1.82) is 0 Å². The second-order valence-corrected chi connectivity index (χ2v) is 21.9. The summed E-state index contributed by atoms with van der Waals surface area (Å²) in [6.07, 6.45) is -96.9. The molecule has 0 aromatic heterocycles. The lowest BCUT2D eigenvalue weighted by Gasteiger charge is -2.40. The largest absolute Gasteiger partial charge is 0.497 e. The SMILES string of the molecule is [2H]C([2H])(C(c1ccc(OC)cc1)C1(O)C([2H])([2H])C([2H])([2H])C([2H])([2H])C([2H])([2H])C1([2H])[2H])N(C)C.[2H]C([2H])([2H])N(C([2H])([2H])[2H])C([2H])([2H])C(c1ccc(OC)cc1)C1(O)C([2H])([2H])C([2H])([2H])C([2H])([2H])C([2H])([2H])C1([2H])[2H].[2H]C([2H])([2H])N(C)C([2H])([2H])C(c1ccc(OC)cc1)C1(O)C([2H])([2H])C([2H])([2H])C([2H])([2H])C([2H])([2H])C1([2H])[2H].[2H]C([2H])([2H])N(C)CC(c1ccc(OC)cc1)C1(O)C([2H])([2H])C([2H])([2H])C([2H])([2H])C([2H])([2H])C1([2H])[2H].[2H]C([2H])([2H])N(CC(c1ccc(OC)cc1)C1(O)C([2H])([2H])C([2H])([2H])C([2H])([2H])C([2H])([2H])C1([2H])[2H])C([2H])([2H])[2H]. The summed E-state index contributed by atoms with van der Waals surface area (Å²) in [4.78, 5) is 0.988. The van der Waals surface area contributed by atoms with Gasteiger partial charge < -0.3 is 73.7 Å². The van der Waals surface area contributed by atoms with Crippen molar-refractivity contribution in [3.05, 3.63) is 149 Å². The number of nitrogens with zero attached hydrogens (tertiary/aromatic N) is 5. The van der Waals surface area contributed by atoms with Crippen molar-refractivity contribution >= 4 is 0 Å². The third-order valence-electron chi connectivity index (χ3n) is 14.6. The van der Waals surface area contributed by atoms with Crippen LogP contribution in [-0.2, 0) is 0 Å². The summed E-state index contributed by atoms with van der Waals surface area (Å²) in [5.41, 5.74) is -20.9. The first-order valence-corrected chi connectivity index (χ1v) is 29.8. The smallest absolute Gasteiger partial charge is 0.118 e. The average Bonchev–Trinajstić information content (AvgIpc) is 0.651. The molecule has 5 aliphatic carbocycles. The van der Waals surface area contributed by atoms with Gasteiger partial charge in [0.05, 0.1) is 63.6 Å². The van der Waals surface area contributed by atoms with Gasteiger partial charge in [-0.1, -0.05) is 156 Å². The number of ether oxygens (including phenoxy) is 5. The Kier molecular flexibility index (Phi) is 11.4. The highest BCUT2D eigenvalue weighted by Crippen LogP contribution is 2.46. The standard InChI is InChI=1S/5C17H27NO2/c5*1-18(2)13-16(17(19)11-5-4-6-12-17)14-7-9-15(20-3)10-8-14/h5*7-10,16,19H,4-6,11-13H2,1-3H3/i1D3,2D3,4D2,5D2,6D2,11D2,12D2,13D2;1D3,4D2,5D2,6D2,11D2,12D2,13D2;1D3,2D3,4D2,5D2,6D2,11D2,12D2;4D2,5D2,6D2,11D2,12D2,13D2;1D3,4D2,5D2,6D2,11D2,12D2. The zero-order valence-electron chi connectivity index (χ0n) is 130. The number of likely N-dealkylation sites (N-methyl/N-ethyl adjacent to an activating group) is 5. The summed E-state index contributed by atoms with van der Waals surface area (Å²) < 4.78 is 626. The Hall–Kier alpha value is -5.30. The molecule has 5 saturated carbocycles. The van der Waals surface area contributed by atoms with Gasteiger partial charge in [-0.05, 0) is 222 Å². The van der Waals surface area contributed by atoms with E-state index in [0.29, 0.717) is 11.5 Å². The number of methoxy groups -OCH3 is 5. The van der Waals surface area contributed by atoms with Crippen molar-refractivity contribution < 1.29 is 151 Å². The minimum Gasteiger partial charge on any atom is -0.497 e. The Morgan fingerprint density at radius 2 is 0.480 bits per heavy atom. The highest BCUT2D eigenvalue weighted by molar-refractivity contribution is 5.36. The average molecular weight is 1460 g/mol. The summed E-state index contributed by atoms with van der Waals surface area (Å²) in [5.74, 6) is -10.6. The van der Waals surface area contributed by atoms with Crippen molar-refractivity contribution in [2.75, 3.05) is 138 Å². The molecule has 5 fully saturated rings. The van der Waals surface area contributed by atoms with E-state index in [2.05, 4.69) is 0 Å². The van der Waals surface area contributed by atoms with Gasteiger partial charge in [0, 0.05) is 164 Å². The maximum Gasteiger partial charge on any atom is 0.118 e. The third kappa shape index (κ3) is 25.5. The highest BCUT2D eigenvalue weighted by Gasteiger charge is 2.43. The summed E-state index contributed by atoms with van der Waals surface area (Å²) in [6.45, 7) is -32.5. The van der Waals surface area contributed by atoms with E-state index in [4.69, 9.17) is 125 Å². The number of hydrogen-bond donors (Lipinski definition) is 5. The van der Waals surface area contributed by atoms with E-state index in [0.717, 1.165) is 72.4 Å². The Bertz CT molecular complexity index is 6230. The molecule has 0 radical (unpaired) electrons. The molecule has 10 rings (SSSR count). The first-order valence-electron chi connectivity index (χ1n) is 66.8. The molecule has 5 aromatic carbocycles. The van der Waals surface area contributed by atoms with Crippen molar-refractivity contribution in [2.24, 2.45) is 0 Å². The van der Waals surface area contributed by atoms with E-state index < -0.39 is 307 Å². The predicted molar refractivity (Wildman–Crippen MR) is 412 cm³/mol. The Morgan fingerprint density at radius 1 is 0.290 bits per heavy atom. The van der Waals surface area contributed by atoms with E-state index in [-0.39, 0.29) is 43.7 Å². The number of benzene rings is 5. The van der Waals surface area contributed by atoms with E-state index >= 15 is 0 Å². The van der Waals surface area contributed by atoms with Crippen LogP contribution in [0.2, 0.25) is 0 Å². The van der Waals surface area contributed by atoms with Gasteiger partial charge in [0.2, 0.25) is 0 Å². The van der Waals surface area contributed by atoms with Crippen LogP contribution in [0.5, 0.6) is 28.7 Å². The first-order chi connectivity index (χ1) is 76.3. The van der Waals surface area contributed by atoms with Crippen LogP contribution in [0.15, 0.2) is 121 Å². The number of rotatable bonds is 25. The molecule has 5 atom stereocenters. The molecule has 5 unspecified atom stereocenters. The lowest BCUT2D eigenvalue weighted by atomic mass is 9.72. The normalized spacial score (nSPS) is 44.6. The van der Waals surface area contributed by atoms with E-state index in [1.165, 1.54) is 122 Å². The topological polar surface area (TPSA) is 164 Å². The molecular weight excluding hydrogens is 1250 g/mol. The fraction of sp³-hybridized carbons (Fsp3) is 0.647. The molecule has 5 aliphatic rings. The first kappa shape index (κ1) is 27.6. The molecule has 0 bridgehead atoms. The monoisotopic (exact) mass is 1460 g/mol. The van der Waals surface area contributed by atoms with Crippen molar-refractivity contribution in [2.45, 2.75) is 217 Å². The minimum absolute atomic E-state index is 0.0174. The number of aliphatic hydroxyl groups is 5. The lowest BCUT2D eigenvalue weighted by Crippen LogP contribution is -2.42. The maximum absolute atomic E-state index is 11.9. The molecule has 0 saturated heterocycles. The second-order valence-electron chi connectivity index (χ2n) is 21.9. The van der Waals surface area contributed by atoms with Gasteiger partial charge in [-0.3, -0.25) is 0 Å². The van der Waals surface area contributed by atoms with Crippen LogP contribution in [0.4, 0.5) is 0 Å². The number of hydrogen-bond acceptors (Lipinski definition) is 15. The van der Waals surface area contributed by atoms with E-state index in [9.17, 15) is 25.5 Å². The molecule has 0 heterocycles. The molecule has 5 N–H and O–H groups in total. The third-order valence-corrected chi connectivity index (χ3v) is 14.6. The maximum atomic E-state index is 11.9. The van der Waals surface area contributed by atoms with Gasteiger partial charge in [0.1, 0.15) is 28.7 Å². The second kappa shape index (κ2) is 41.3. The Morgan fingerprint density at radius 3 is 0.690 bits per heavy atom. The predicted octanol–water partition coefficient (Wildman–Crippen LogP) is 15.2. The summed E-state index contributed by atoms with van der Waals surface area (Å²) >= 11 is 0. The van der Waals surface area contributed by atoms with Crippen molar-refractivity contribution in [3.8, 4) is 28.7 Å². The van der Waals surface area contributed by atoms with Gasteiger partial charge in [-0.25, -0.2) is 0 Å². The zero-order valence-corrected chi connectivity index (χ0v) is 55.9.